The Morgan fingerprint density at radius 3 is 2.60 bits per heavy atom. The number of nitrogens with one attached hydrogen (secondary N) is 1. The standard InChI is InChI=1S/C16H24BrNO2/c1-5-20-14-9-7-6-8-13(14)15(19)18-11-12(17)10-16(2,3)4/h6-9,12H,5,10-11H2,1-4H3,(H,18,19). The molecule has 0 bridgehead atoms. The van der Waals surface area contributed by atoms with Gasteiger partial charge in [0.1, 0.15) is 5.75 Å². The Hall–Kier alpha value is -1.03. The molecule has 1 aromatic carbocycles. The van der Waals surface area contributed by atoms with Gasteiger partial charge in [-0.25, -0.2) is 0 Å². The highest BCUT2D eigenvalue weighted by Gasteiger charge is 2.18. The van der Waals surface area contributed by atoms with E-state index in [0.29, 0.717) is 24.5 Å². The Balaban J connectivity index is 2.59. The van der Waals surface area contributed by atoms with Crippen LogP contribution in [-0.4, -0.2) is 23.9 Å². The van der Waals surface area contributed by atoms with E-state index in [1.165, 1.54) is 0 Å². The third kappa shape index (κ3) is 5.95. The highest BCUT2D eigenvalue weighted by molar-refractivity contribution is 9.09. The molecule has 0 saturated carbocycles. The lowest BCUT2D eigenvalue weighted by Crippen LogP contribution is -2.31. The molecule has 1 rings (SSSR count). The van der Waals surface area contributed by atoms with E-state index >= 15 is 0 Å². The van der Waals surface area contributed by atoms with Crippen molar-refractivity contribution in [2.45, 2.75) is 38.9 Å². The molecule has 1 atom stereocenters. The molecule has 0 saturated heterocycles. The number of benzene rings is 1. The fraction of sp³-hybridized carbons (Fsp3) is 0.562. The van der Waals surface area contributed by atoms with Crippen LogP contribution in [0, 0.1) is 5.41 Å². The van der Waals surface area contributed by atoms with Crippen molar-refractivity contribution in [3.05, 3.63) is 29.8 Å². The van der Waals surface area contributed by atoms with E-state index in [2.05, 4.69) is 42.0 Å². The van der Waals surface area contributed by atoms with Gasteiger partial charge in [-0.1, -0.05) is 48.8 Å². The summed E-state index contributed by atoms with van der Waals surface area (Å²) in [7, 11) is 0. The smallest absolute Gasteiger partial charge is 0.255 e. The summed E-state index contributed by atoms with van der Waals surface area (Å²) in [6, 6.07) is 7.32. The van der Waals surface area contributed by atoms with Crippen LogP contribution in [0.5, 0.6) is 5.75 Å². The van der Waals surface area contributed by atoms with Gasteiger partial charge < -0.3 is 10.1 Å². The van der Waals surface area contributed by atoms with Gasteiger partial charge in [0.25, 0.3) is 5.91 Å². The van der Waals surface area contributed by atoms with Crippen molar-refractivity contribution in [1.29, 1.82) is 0 Å². The number of para-hydroxylation sites is 1. The zero-order valence-electron chi connectivity index (χ0n) is 12.7. The summed E-state index contributed by atoms with van der Waals surface area (Å²) >= 11 is 3.62. The SMILES string of the molecule is CCOc1ccccc1C(=O)NCC(Br)CC(C)(C)C. The number of hydrogen-bond acceptors (Lipinski definition) is 2. The Labute approximate surface area is 130 Å². The Bertz CT molecular complexity index is 440. The van der Waals surface area contributed by atoms with Gasteiger partial charge in [-0.05, 0) is 30.9 Å². The van der Waals surface area contributed by atoms with Gasteiger partial charge in [0, 0.05) is 11.4 Å². The second-order valence-corrected chi connectivity index (χ2v) is 7.30. The molecule has 112 valence electrons. The molecule has 0 spiro atoms. The Morgan fingerprint density at radius 2 is 2.00 bits per heavy atom. The van der Waals surface area contributed by atoms with E-state index < -0.39 is 0 Å². The number of carbonyl (C=O) groups is 1. The number of halogens is 1. The molecule has 20 heavy (non-hydrogen) atoms. The molecule has 0 aliphatic heterocycles. The minimum Gasteiger partial charge on any atom is -0.493 e. The van der Waals surface area contributed by atoms with E-state index in [1.54, 1.807) is 6.07 Å². The molecule has 0 fully saturated rings. The first-order valence-corrected chi connectivity index (χ1v) is 7.89. The lowest BCUT2D eigenvalue weighted by Gasteiger charge is -2.22. The van der Waals surface area contributed by atoms with Gasteiger partial charge in [-0.2, -0.15) is 0 Å². The summed E-state index contributed by atoms with van der Waals surface area (Å²) in [5.74, 6) is 0.543. The maximum absolute atomic E-state index is 12.2. The van der Waals surface area contributed by atoms with Crippen molar-refractivity contribution in [1.82, 2.24) is 5.32 Å². The van der Waals surface area contributed by atoms with Gasteiger partial charge in [0.05, 0.1) is 12.2 Å². The first-order chi connectivity index (χ1) is 9.33. The maximum atomic E-state index is 12.2. The van der Waals surface area contributed by atoms with Crippen LogP contribution in [0.1, 0.15) is 44.5 Å². The predicted molar refractivity (Wildman–Crippen MR) is 86.7 cm³/mol. The van der Waals surface area contributed by atoms with Crippen molar-refractivity contribution >= 4 is 21.8 Å². The average molecular weight is 342 g/mol. The Kier molecular flexibility index (Phi) is 6.53. The molecule has 3 nitrogen and oxygen atoms in total. The topological polar surface area (TPSA) is 38.3 Å². The number of ether oxygens (including phenoxy) is 1. The number of hydrogen-bond donors (Lipinski definition) is 1. The van der Waals surface area contributed by atoms with Gasteiger partial charge in [-0.3, -0.25) is 4.79 Å². The van der Waals surface area contributed by atoms with Crippen molar-refractivity contribution in [2.75, 3.05) is 13.2 Å². The molecular formula is C16H24BrNO2. The number of carbonyl (C=O) groups excluding carboxylic acids is 1. The fourth-order valence-corrected chi connectivity index (χ4v) is 3.10. The largest absolute Gasteiger partial charge is 0.493 e. The summed E-state index contributed by atoms with van der Waals surface area (Å²) in [4.78, 5) is 12.5. The van der Waals surface area contributed by atoms with Crippen molar-refractivity contribution < 1.29 is 9.53 Å². The zero-order valence-corrected chi connectivity index (χ0v) is 14.3. The summed E-state index contributed by atoms with van der Waals surface area (Å²) < 4.78 is 5.47. The zero-order chi connectivity index (χ0) is 15.2. The molecule has 0 radical (unpaired) electrons. The van der Waals surface area contributed by atoms with Crippen LogP contribution in [0.3, 0.4) is 0 Å². The summed E-state index contributed by atoms with van der Waals surface area (Å²) in [6.45, 7) is 9.63. The van der Waals surface area contributed by atoms with E-state index in [4.69, 9.17) is 4.74 Å². The van der Waals surface area contributed by atoms with Crippen LogP contribution in [0.25, 0.3) is 0 Å². The second kappa shape index (κ2) is 7.67. The Morgan fingerprint density at radius 1 is 1.35 bits per heavy atom. The lowest BCUT2D eigenvalue weighted by molar-refractivity contribution is 0.0948. The van der Waals surface area contributed by atoms with Crippen LogP contribution < -0.4 is 10.1 Å². The molecule has 0 heterocycles. The third-order valence-corrected chi connectivity index (χ3v) is 3.40. The van der Waals surface area contributed by atoms with E-state index in [-0.39, 0.29) is 16.1 Å². The van der Waals surface area contributed by atoms with E-state index in [0.717, 1.165) is 6.42 Å². The molecule has 1 aromatic rings. The van der Waals surface area contributed by atoms with Crippen LogP contribution in [-0.2, 0) is 0 Å². The molecule has 1 unspecified atom stereocenters. The van der Waals surface area contributed by atoms with Crippen LogP contribution in [0.15, 0.2) is 24.3 Å². The van der Waals surface area contributed by atoms with Gasteiger partial charge in [0.2, 0.25) is 0 Å². The van der Waals surface area contributed by atoms with Crippen LogP contribution >= 0.6 is 15.9 Å². The maximum Gasteiger partial charge on any atom is 0.255 e. The molecule has 0 aromatic heterocycles. The third-order valence-electron chi connectivity index (χ3n) is 2.75. The molecule has 0 aliphatic rings. The first-order valence-electron chi connectivity index (χ1n) is 6.97. The molecule has 4 heteroatoms. The number of rotatable bonds is 6. The van der Waals surface area contributed by atoms with Gasteiger partial charge in [0.15, 0.2) is 0 Å². The minimum absolute atomic E-state index is 0.0904. The quantitative estimate of drug-likeness (QED) is 0.793. The highest BCUT2D eigenvalue weighted by Crippen LogP contribution is 2.24. The average Bonchev–Trinajstić information content (AvgIpc) is 2.35. The highest BCUT2D eigenvalue weighted by atomic mass is 79.9. The second-order valence-electron chi connectivity index (χ2n) is 6.00. The van der Waals surface area contributed by atoms with Crippen molar-refractivity contribution in [3.8, 4) is 5.75 Å². The minimum atomic E-state index is -0.0904. The molecule has 1 amide bonds. The monoisotopic (exact) mass is 341 g/mol. The molecule has 1 N–H and O–H groups in total. The summed E-state index contributed by atoms with van der Waals surface area (Å²) in [5.41, 5.74) is 0.826. The molecule has 0 aliphatic carbocycles. The van der Waals surface area contributed by atoms with Crippen molar-refractivity contribution in [3.63, 3.8) is 0 Å². The van der Waals surface area contributed by atoms with Gasteiger partial charge in [-0.15, -0.1) is 0 Å². The normalized spacial score (nSPS) is 12.8. The predicted octanol–water partition coefficient (Wildman–Crippen LogP) is 4.01. The number of alkyl halides is 1. The summed E-state index contributed by atoms with van der Waals surface area (Å²) in [6.07, 6.45) is 1.00. The molecular weight excluding hydrogens is 318 g/mol. The van der Waals surface area contributed by atoms with E-state index in [1.807, 2.05) is 25.1 Å². The van der Waals surface area contributed by atoms with Crippen LogP contribution in [0.4, 0.5) is 0 Å². The van der Waals surface area contributed by atoms with Gasteiger partial charge >= 0.3 is 0 Å². The lowest BCUT2D eigenvalue weighted by atomic mass is 9.90. The van der Waals surface area contributed by atoms with E-state index in [9.17, 15) is 4.79 Å². The number of amides is 1. The summed E-state index contributed by atoms with van der Waals surface area (Å²) in [5, 5.41) is 2.95. The van der Waals surface area contributed by atoms with Crippen molar-refractivity contribution in [2.24, 2.45) is 5.41 Å². The fourth-order valence-electron chi connectivity index (χ4n) is 1.97. The van der Waals surface area contributed by atoms with Crippen LogP contribution in [0.2, 0.25) is 0 Å². The first kappa shape index (κ1) is 17.0.